The van der Waals surface area contributed by atoms with Gasteiger partial charge in [-0.15, -0.1) is 0 Å². The summed E-state index contributed by atoms with van der Waals surface area (Å²) < 4.78 is 11.5. The lowest BCUT2D eigenvalue weighted by Crippen LogP contribution is -2.35. The molecule has 174 valence electrons. The Morgan fingerprint density at radius 2 is 1.89 bits per heavy atom. The van der Waals surface area contributed by atoms with E-state index in [0.717, 1.165) is 16.7 Å². The Labute approximate surface area is 206 Å². The number of methoxy groups -OCH3 is 1. The van der Waals surface area contributed by atoms with Crippen LogP contribution in [0.1, 0.15) is 22.3 Å². The van der Waals surface area contributed by atoms with Crippen LogP contribution in [-0.2, 0) is 11.4 Å². The second-order valence-electron chi connectivity index (χ2n) is 7.79. The third kappa shape index (κ3) is 4.58. The largest absolute Gasteiger partial charge is 0.493 e. The van der Waals surface area contributed by atoms with Crippen molar-refractivity contribution in [2.24, 2.45) is 10.1 Å². The molecule has 0 spiro atoms. The van der Waals surface area contributed by atoms with Crippen LogP contribution in [0.4, 0.5) is 0 Å². The van der Waals surface area contributed by atoms with Gasteiger partial charge in [-0.3, -0.25) is 15.2 Å². The highest BCUT2D eigenvalue weighted by atomic mass is 32.2. The van der Waals surface area contributed by atoms with Crippen molar-refractivity contribution < 1.29 is 14.3 Å². The Kier molecular flexibility index (Phi) is 6.15. The van der Waals surface area contributed by atoms with Gasteiger partial charge in [0.2, 0.25) is 5.17 Å². The van der Waals surface area contributed by atoms with E-state index in [4.69, 9.17) is 14.9 Å². The highest BCUT2D eigenvalue weighted by Gasteiger charge is 2.36. The lowest BCUT2D eigenvalue weighted by atomic mass is 10.1. The molecule has 0 bridgehead atoms. The van der Waals surface area contributed by atoms with Crippen LogP contribution in [0, 0.1) is 12.3 Å². The summed E-state index contributed by atoms with van der Waals surface area (Å²) in [6, 6.07) is 17.0. The van der Waals surface area contributed by atoms with Crippen molar-refractivity contribution in [1.29, 1.82) is 5.41 Å². The van der Waals surface area contributed by atoms with Crippen LogP contribution in [0.2, 0.25) is 0 Å². The third-order valence-corrected chi connectivity index (χ3v) is 6.48. The molecule has 1 N–H and O–H groups in total. The van der Waals surface area contributed by atoms with E-state index in [-0.39, 0.29) is 11.4 Å². The van der Waals surface area contributed by atoms with Gasteiger partial charge in [-0.1, -0.05) is 30.3 Å². The van der Waals surface area contributed by atoms with Crippen molar-refractivity contribution in [3.8, 4) is 11.5 Å². The van der Waals surface area contributed by atoms with Gasteiger partial charge in [0, 0.05) is 18.0 Å². The normalized spacial score (nSPS) is 16.2. The van der Waals surface area contributed by atoms with Crippen molar-refractivity contribution >= 4 is 39.8 Å². The van der Waals surface area contributed by atoms with Crippen LogP contribution in [0.3, 0.4) is 0 Å². The van der Waals surface area contributed by atoms with E-state index in [1.807, 2.05) is 49.4 Å². The number of nitrogens with one attached hydrogen (secondary N) is 1. The SMILES string of the molecule is COc1cc(/C=C2\C(=N)N3N=C(c4ccncc4)SC3=NC2=O)ccc1OCc1ccccc1C. The van der Waals surface area contributed by atoms with Crippen molar-refractivity contribution in [3.05, 3.63) is 94.8 Å². The van der Waals surface area contributed by atoms with Crippen LogP contribution < -0.4 is 9.47 Å². The van der Waals surface area contributed by atoms with Gasteiger partial charge in [-0.2, -0.15) is 15.1 Å². The predicted molar refractivity (Wildman–Crippen MR) is 137 cm³/mol. The van der Waals surface area contributed by atoms with E-state index in [1.54, 1.807) is 37.7 Å². The molecule has 0 unspecified atom stereocenters. The number of aromatic nitrogens is 1. The minimum Gasteiger partial charge on any atom is -0.493 e. The summed E-state index contributed by atoms with van der Waals surface area (Å²) in [5.74, 6) is 0.599. The molecule has 2 aliphatic rings. The molecule has 8 nitrogen and oxygen atoms in total. The lowest BCUT2D eigenvalue weighted by molar-refractivity contribution is -0.114. The van der Waals surface area contributed by atoms with Gasteiger partial charge in [-0.25, -0.2) is 0 Å². The first kappa shape index (κ1) is 22.5. The predicted octanol–water partition coefficient (Wildman–Crippen LogP) is 4.65. The number of benzene rings is 2. The first-order valence-corrected chi connectivity index (χ1v) is 11.6. The maximum atomic E-state index is 12.8. The molecule has 1 aromatic heterocycles. The van der Waals surface area contributed by atoms with Crippen LogP contribution in [0.5, 0.6) is 11.5 Å². The third-order valence-electron chi connectivity index (χ3n) is 5.52. The molecule has 0 saturated carbocycles. The molecule has 5 rings (SSSR count). The number of fused-ring (bicyclic) bond motifs is 1. The summed E-state index contributed by atoms with van der Waals surface area (Å²) in [6.45, 7) is 2.45. The van der Waals surface area contributed by atoms with E-state index in [1.165, 1.54) is 16.8 Å². The summed E-state index contributed by atoms with van der Waals surface area (Å²) in [4.78, 5) is 20.9. The summed E-state index contributed by atoms with van der Waals surface area (Å²) in [6.07, 6.45) is 4.95. The first-order chi connectivity index (χ1) is 17.0. The molecule has 0 atom stereocenters. The average molecular weight is 484 g/mol. The van der Waals surface area contributed by atoms with Crippen molar-refractivity contribution in [2.45, 2.75) is 13.5 Å². The highest BCUT2D eigenvalue weighted by molar-refractivity contribution is 8.27. The van der Waals surface area contributed by atoms with Gasteiger partial charge in [0.25, 0.3) is 5.91 Å². The standard InChI is InChI=1S/C26H21N5O3S/c1-16-5-3-4-6-19(16)15-34-21-8-7-17(14-22(21)33-2)13-20-23(27)31-26(29-24(20)32)35-25(30-31)18-9-11-28-12-10-18/h3-14,27H,15H2,1-2H3/b20-13+,27-23?. The summed E-state index contributed by atoms with van der Waals surface area (Å²) in [5.41, 5.74) is 3.91. The Morgan fingerprint density at radius 1 is 1.09 bits per heavy atom. The highest BCUT2D eigenvalue weighted by Crippen LogP contribution is 2.33. The van der Waals surface area contributed by atoms with E-state index in [2.05, 4.69) is 15.1 Å². The Hall–Kier alpha value is -4.24. The van der Waals surface area contributed by atoms with Gasteiger partial charge in [0.05, 0.1) is 12.7 Å². The zero-order valence-corrected chi connectivity index (χ0v) is 19.9. The summed E-state index contributed by atoms with van der Waals surface area (Å²) in [5, 5.41) is 15.5. The molecule has 3 aromatic rings. The van der Waals surface area contributed by atoms with Crippen LogP contribution in [-0.4, -0.2) is 39.1 Å². The fourth-order valence-electron chi connectivity index (χ4n) is 3.59. The second kappa shape index (κ2) is 9.55. The molecule has 0 saturated heterocycles. The van der Waals surface area contributed by atoms with Gasteiger partial charge in [0.15, 0.2) is 17.3 Å². The Balaban J connectivity index is 1.38. The number of pyridine rings is 1. The zero-order valence-electron chi connectivity index (χ0n) is 19.1. The fourth-order valence-corrected chi connectivity index (χ4v) is 4.49. The number of hydrazone groups is 1. The maximum Gasteiger partial charge on any atom is 0.283 e. The molecular formula is C26H21N5O3S. The van der Waals surface area contributed by atoms with E-state index in [0.29, 0.717) is 33.9 Å². The number of hydrogen-bond acceptors (Lipinski definition) is 7. The Morgan fingerprint density at radius 3 is 2.66 bits per heavy atom. The van der Waals surface area contributed by atoms with E-state index in [9.17, 15) is 4.79 Å². The molecular weight excluding hydrogens is 462 g/mol. The Bertz CT molecular complexity index is 1420. The van der Waals surface area contributed by atoms with Gasteiger partial charge in [0.1, 0.15) is 11.7 Å². The van der Waals surface area contributed by atoms with Crippen LogP contribution in [0.15, 0.2) is 82.7 Å². The molecule has 2 aliphatic heterocycles. The minimum absolute atomic E-state index is 0.0320. The number of nitrogens with zero attached hydrogens (tertiary/aromatic N) is 4. The number of carbonyl (C=O) groups is 1. The van der Waals surface area contributed by atoms with Gasteiger partial charge in [-0.05, 0) is 65.7 Å². The minimum atomic E-state index is -0.487. The molecule has 9 heteroatoms. The molecule has 0 radical (unpaired) electrons. The lowest BCUT2D eigenvalue weighted by Gasteiger charge is -2.20. The van der Waals surface area contributed by atoms with Crippen LogP contribution in [0.25, 0.3) is 6.08 Å². The van der Waals surface area contributed by atoms with Gasteiger partial charge >= 0.3 is 0 Å². The summed E-state index contributed by atoms with van der Waals surface area (Å²) >= 11 is 1.25. The number of thioether (sulfide) groups is 1. The topological polar surface area (TPSA) is 100 Å². The quantitative estimate of drug-likeness (QED) is 0.513. The monoisotopic (exact) mass is 483 g/mol. The number of ether oxygens (including phenoxy) is 2. The summed E-state index contributed by atoms with van der Waals surface area (Å²) in [7, 11) is 1.56. The smallest absolute Gasteiger partial charge is 0.283 e. The number of aryl methyl sites for hydroxylation is 1. The van der Waals surface area contributed by atoms with Crippen molar-refractivity contribution in [3.63, 3.8) is 0 Å². The number of amidine groups is 2. The molecule has 2 aromatic carbocycles. The van der Waals surface area contributed by atoms with Crippen molar-refractivity contribution in [2.75, 3.05) is 7.11 Å². The van der Waals surface area contributed by atoms with Gasteiger partial charge < -0.3 is 9.47 Å². The molecule has 3 heterocycles. The number of amides is 1. The van der Waals surface area contributed by atoms with E-state index < -0.39 is 5.91 Å². The van der Waals surface area contributed by atoms with E-state index >= 15 is 0 Å². The number of carbonyl (C=O) groups excluding carboxylic acids is 1. The average Bonchev–Trinajstić information content (AvgIpc) is 3.31. The first-order valence-electron chi connectivity index (χ1n) is 10.8. The molecule has 1 amide bonds. The number of hydrogen-bond donors (Lipinski definition) is 1. The molecule has 35 heavy (non-hydrogen) atoms. The van der Waals surface area contributed by atoms with Crippen molar-refractivity contribution in [1.82, 2.24) is 9.99 Å². The zero-order chi connectivity index (χ0) is 24.4. The second-order valence-corrected chi connectivity index (χ2v) is 8.74. The van der Waals surface area contributed by atoms with Crippen LogP contribution >= 0.6 is 11.8 Å². The number of aliphatic imine (C=N–C) groups is 1. The maximum absolute atomic E-state index is 12.8. The fraction of sp³-hybridized carbons (Fsp3) is 0.115. The molecule has 0 aliphatic carbocycles. The number of rotatable bonds is 6. The molecule has 0 fully saturated rings.